The topological polar surface area (TPSA) is 35.2 Å². The van der Waals surface area contributed by atoms with Gasteiger partial charge in [0.2, 0.25) is 0 Å². The van der Waals surface area contributed by atoms with E-state index in [9.17, 15) is 0 Å². The fourth-order valence-electron chi connectivity index (χ4n) is 2.12. The maximum Gasteiger partial charge on any atom is 0.135 e. The van der Waals surface area contributed by atoms with Crippen LogP contribution in [-0.4, -0.2) is 0 Å². The molecule has 2 atom stereocenters. The van der Waals surface area contributed by atoms with Crippen LogP contribution in [0.5, 0.6) is 5.75 Å². The molecule has 2 nitrogen and oxygen atoms in total. The molecule has 1 unspecified atom stereocenters. The first-order valence-corrected chi connectivity index (χ1v) is 7.16. The Hall–Kier alpha value is -0.840. The van der Waals surface area contributed by atoms with Crippen LogP contribution in [0.2, 0.25) is 0 Å². The molecule has 0 aliphatic carbocycles. The predicted octanol–water partition coefficient (Wildman–Crippen LogP) is 4.03. The Balaban J connectivity index is 1.93. The first kappa shape index (κ1) is 11.3. The molecule has 1 aromatic carbocycles. The Kier molecular flexibility index (Phi) is 2.94. The smallest absolute Gasteiger partial charge is 0.135 e. The summed E-state index contributed by atoms with van der Waals surface area (Å²) in [6, 6.07) is 10.2. The molecular formula is C13H12BrNOS. The highest BCUT2D eigenvalue weighted by Gasteiger charge is 2.27. The van der Waals surface area contributed by atoms with Crippen molar-refractivity contribution < 1.29 is 4.74 Å². The molecule has 0 saturated carbocycles. The molecule has 2 aromatic rings. The van der Waals surface area contributed by atoms with Gasteiger partial charge >= 0.3 is 0 Å². The molecule has 0 bridgehead atoms. The second kappa shape index (κ2) is 4.44. The Bertz CT molecular complexity index is 540. The van der Waals surface area contributed by atoms with Gasteiger partial charge in [0.1, 0.15) is 11.9 Å². The highest BCUT2D eigenvalue weighted by atomic mass is 79.9. The zero-order valence-corrected chi connectivity index (χ0v) is 11.5. The van der Waals surface area contributed by atoms with Gasteiger partial charge in [-0.1, -0.05) is 18.2 Å². The molecule has 2 heterocycles. The van der Waals surface area contributed by atoms with Crippen molar-refractivity contribution in [2.24, 2.45) is 5.73 Å². The second-order valence-corrected chi connectivity index (χ2v) is 6.01. The van der Waals surface area contributed by atoms with Crippen molar-refractivity contribution >= 4 is 27.3 Å². The van der Waals surface area contributed by atoms with Crippen molar-refractivity contribution in [1.82, 2.24) is 0 Å². The first-order valence-electron chi connectivity index (χ1n) is 5.49. The van der Waals surface area contributed by atoms with Gasteiger partial charge in [0.05, 0.1) is 0 Å². The molecule has 17 heavy (non-hydrogen) atoms. The molecule has 1 aromatic heterocycles. The third-order valence-corrected chi connectivity index (χ3v) is 4.75. The number of halogens is 1. The minimum Gasteiger partial charge on any atom is -0.484 e. The van der Waals surface area contributed by atoms with Crippen molar-refractivity contribution in [2.45, 2.75) is 18.6 Å². The van der Waals surface area contributed by atoms with Crippen molar-refractivity contribution in [1.29, 1.82) is 0 Å². The average Bonchev–Trinajstić information content (AvgIpc) is 2.76. The van der Waals surface area contributed by atoms with Crippen molar-refractivity contribution in [2.75, 3.05) is 0 Å². The van der Waals surface area contributed by atoms with Crippen LogP contribution < -0.4 is 10.5 Å². The molecular weight excluding hydrogens is 298 g/mol. The van der Waals surface area contributed by atoms with E-state index in [1.165, 1.54) is 4.88 Å². The minimum absolute atomic E-state index is 0.0609. The Morgan fingerprint density at radius 2 is 2.18 bits per heavy atom. The van der Waals surface area contributed by atoms with Crippen molar-refractivity contribution in [3.05, 3.63) is 50.6 Å². The third kappa shape index (κ3) is 2.12. The molecule has 0 amide bonds. The van der Waals surface area contributed by atoms with E-state index in [1.807, 2.05) is 24.3 Å². The van der Waals surface area contributed by atoms with Crippen LogP contribution in [0.1, 0.15) is 29.0 Å². The Labute approximate surface area is 113 Å². The number of ether oxygens (including phenoxy) is 1. The summed E-state index contributed by atoms with van der Waals surface area (Å²) in [6.07, 6.45) is 0.917. The average molecular weight is 310 g/mol. The van der Waals surface area contributed by atoms with E-state index in [-0.39, 0.29) is 12.1 Å². The number of hydrogen-bond donors (Lipinski definition) is 1. The Morgan fingerprint density at radius 1 is 1.35 bits per heavy atom. The summed E-state index contributed by atoms with van der Waals surface area (Å²) in [7, 11) is 0. The van der Waals surface area contributed by atoms with E-state index in [0.29, 0.717) is 0 Å². The fraction of sp³-hybridized carbons (Fsp3) is 0.231. The van der Waals surface area contributed by atoms with Crippen LogP contribution in [0.25, 0.3) is 0 Å². The minimum atomic E-state index is 0.0609. The molecule has 3 rings (SSSR count). The summed E-state index contributed by atoms with van der Waals surface area (Å²) in [4.78, 5) is 1.22. The Morgan fingerprint density at radius 3 is 2.94 bits per heavy atom. The standard InChI is InChI=1S/C13H12BrNOS/c14-8-5-13(17-7-8)12-6-10(15)9-3-1-2-4-11(9)16-12/h1-5,7,10,12H,6,15H2/t10-,12?/m1/s1. The number of thiophene rings is 1. The largest absolute Gasteiger partial charge is 0.484 e. The van der Waals surface area contributed by atoms with Gasteiger partial charge in [0, 0.05) is 32.8 Å². The highest BCUT2D eigenvalue weighted by molar-refractivity contribution is 9.10. The lowest BCUT2D eigenvalue weighted by Gasteiger charge is -2.29. The predicted molar refractivity (Wildman–Crippen MR) is 73.4 cm³/mol. The summed E-state index contributed by atoms with van der Waals surface area (Å²) in [5.41, 5.74) is 7.30. The van der Waals surface area contributed by atoms with Gasteiger partial charge < -0.3 is 10.5 Å². The van der Waals surface area contributed by atoms with Gasteiger partial charge in [0.25, 0.3) is 0 Å². The van der Waals surface area contributed by atoms with E-state index in [0.717, 1.165) is 22.2 Å². The molecule has 1 aliphatic heterocycles. The number of para-hydroxylation sites is 1. The number of hydrogen-bond acceptors (Lipinski definition) is 3. The second-order valence-electron chi connectivity index (χ2n) is 4.15. The lowest BCUT2D eigenvalue weighted by Crippen LogP contribution is -2.23. The zero-order chi connectivity index (χ0) is 11.8. The summed E-state index contributed by atoms with van der Waals surface area (Å²) in [6.45, 7) is 0. The van der Waals surface area contributed by atoms with Gasteiger partial charge in [-0.25, -0.2) is 0 Å². The van der Waals surface area contributed by atoms with Crippen LogP contribution in [0, 0.1) is 0 Å². The number of benzene rings is 1. The van der Waals surface area contributed by atoms with Crippen molar-refractivity contribution in [3.63, 3.8) is 0 Å². The quantitative estimate of drug-likeness (QED) is 0.863. The fourth-order valence-corrected chi connectivity index (χ4v) is 3.61. The van der Waals surface area contributed by atoms with E-state index in [2.05, 4.69) is 27.4 Å². The molecule has 88 valence electrons. The highest BCUT2D eigenvalue weighted by Crippen LogP contribution is 2.41. The molecule has 0 fully saturated rings. The zero-order valence-electron chi connectivity index (χ0n) is 9.10. The lowest BCUT2D eigenvalue weighted by molar-refractivity contribution is 0.165. The van der Waals surface area contributed by atoms with Crippen LogP contribution in [-0.2, 0) is 0 Å². The SMILES string of the molecule is N[C@@H]1CC(c2cc(Br)cs2)Oc2ccccc21. The van der Waals surface area contributed by atoms with Gasteiger partial charge in [-0.05, 0) is 28.1 Å². The molecule has 0 radical (unpaired) electrons. The lowest BCUT2D eigenvalue weighted by atomic mass is 9.97. The van der Waals surface area contributed by atoms with Crippen LogP contribution in [0.15, 0.2) is 40.2 Å². The van der Waals surface area contributed by atoms with Gasteiger partial charge in [-0.3, -0.25) is 0 Å². The van der Waals surface area contributed by atoms with Gasteiger partial charge in [-0.15, -0.1) is 11.3 Å². The molecule has 1 aliphatic rings. The summed E-state index contributed by atoms with van der Waals surface area (Å²) < 4.78 is 7.12. The monoisotopic (exact) mass is 309 g/mol. The summed E-state index contributed by atoms with van der Waals surface area (Å²) in [5, 5.41) is 2.07. The number of nitrogens with two attached hydrogens (primary N) is 1. The van der Waals surface area contributed by atoms with E-state index in [4.69, 9.17) is 10.5 Å². The summed E-state index contributed by atoms with van der Waals surface area (Å²) >= 11 is 5.17. The van der Waals surface area contributed by atoms with E-state index < -0.39 is 0 Å². The number of rotatable bonds is 1. The van der Waals surface area contributed by atoms with Crippen LogP contribution >= 0.6 is 27.3 Å². The van der Waals surface area contributed by atoms with Crippen LogP contribution in [0.4, 0.5) is 0 Å². The van der Waals surface area contributed by atoms with E-state index in [1.54, 1.807) is 11.3 Å². The molecule has 2 N–H and O–H groups in total. The molecule has 4 heteroatoms. The van der Waals surface area contributed by atoms with Gasteiger partial charge in [0.15, 0.2) is 0 Å². The maximum absolute atomic E-state index is 6.19. The van der Waals surface area contributed by atoms with Crippen LogP contribution in [0.3, 0.4) is 0 Å². The first-order chi connectivity index (χ1) is 8.24. The van der Waals surface area contributed by atoms with Crippen molar-refractivity contribution in [3.8, 4) is 5.75 Å². The summed E-state index contributed by atoms with van der Waals surface area (Å²) in [5.74, 6) is 0.917. The number of fused-ring (bicyclic) bond motifs is 1. The third-order valence-electron chi connectivity index (χ3n) is 2.96. The van der Waals surface area contributed by atoms with E-state index >= 15 is 0 Å². The maximum atomic E-state index is 6.19. The normalized spacial score (nSPS) is 22.9. The molecule has 0 spiro atoms. The van der Waals surface area contributed by atoms with Gasteiger partial charge in [-0.2, -0.15) is 0 Å². The molecule has 0 saturated heterocycles.